The van der Waals surface area contributed by atoms with E-state index in [0.29, 0.717) is 11.6 Å². The van der Waals surface area contributed by atoms with Gasteiger partial charge in [-0.15, -0.1) is 0 Å². The second-order valence-corrected chi connectivity index (χ2v) is 3.03. The van der Waals surface area contributed by atoms with Crippen LogP contribution in [0.15, 0.2) is 30.6 Å². The fraction of sp³-hybridized carbons (Fsp3) is 0.100. The van der Waals surface area contributed by atoms with Gasteiger partial charge in [0, 0.05) is 24.1 Å². The first-order valence-electron chi connectivity index (χ1n) is 4.63. The molecule has 2 heterocycles. The highest BCUT2D eigenvalue weighted by Crippen LogP contribution is 2.17. The van der Waals surface area contributed by atoms with Crippen LogP contribution < -0.4 is 15.8 Å². The van der Waals surface area contributed by atoms with Gasteiger partial charge in [-0.3, -0.25) is 4.98 Å². The van der Waals surface area contributed by atoms with E-state index in [9.17, 15) is 0 Å². The molecule has 82 valence electrons. The van der Waals surface area contributed by atoms with Gasteiger partial charge in [0.05, 0.1) is 7.11 Å². The van der Waals surface area contributed by atoms with Crippen molar-refractivity contribution in [3.63, 3.8) is 0 Å². The number of pyridine rings is 1. The van der Waals surface area contributed by atoms with Crippen LogP contribution in [0.4, 0.5) is 17.3 Å². The van der Waals surface area contributed by atoms with Crippen LogP contribution >= 0.6 is 0 Å². The van der Waals surface area contributed by atoms with Crippen LogP contribution in [0.25, 0.3) is 0 Å². The lowest BCUT2D eigenvalue weighted by molar-refractivity contribution is 0.381. The molecule has 0 bridgehead atoms. The summed E-state index contributed by atoms with van der Waals surface area (Å²) in [7, 11) is 1.49. The zero-order chi connectivity index (χ0) is 11.4. The topological polar surface area (TPSA) is 86.0 Å². The fourth-order valence-electron chi connectivity index (χ4n) is 1.18. The minimum atomic E-state index is 0.233. The van der Waals surface area contributed by atoms with Gasteiger partial charge in [0.1, 0.15) is 11.6 Å². The molecule has 0 aliphatic rings. The summed E-state index contributed by atoms with van der Waals surface area (Å²) in [6.45, 7) is 0. The summed E-state index contributed by atoms with van der Waals surface area (Å²) in [6.07, 6.45) is 3.37. The lowest BCUT2D eigenvalue weighted by Gasteiger charge is -2.06. The summed E-state index contributed by atoms with van der Waals surface area (Å²) in [5.41, 5.74) is 6.48. The molecule has 0 aromatic carbocycles. The van der Waals surface area contributed by atoms with E-state index in [2.05, 4.69) is 20.3 Å². The van der Waals surface area contributed by atoms with E-state index in [0.717, 1.165) is 5.69 Å². The number of nitrogens with zero attached hydrogens (tertiary/aromatic N) is 3. The van der Waals surface area contributed by atoms with Crippen molar-refractivity contribution < 1.29 is 4.74 Å². The van der Waals surface area contributed by atoms with E-state index < -0.39 is 0 Å². The Balaban J connectivity index is 2.24. The molecule has 0 unspecified atom stereocenters. The summed E-state index contributed by atoms with van der Waals surface area (Å²) < 4.78 is 4.92. The number of rotatable bonds is 3. The molecule has 0 amide bonds. The number of ether oxygens (including phenoxy) is 1. The summed E-state index contributed by atoms with van der Waals surface area (Å²) in [5.74, 6) is 0.930. The Kier molecular flexibility index (Phi) is 2.81. The molecule has 0 aliphatic carbocycles. The molecule has 0 spiro atoms. The van der Waals surface area contributed by atoms with Crippen molar-refractivity contribution in [2.45, 2.75) is 0 Å². The quantitative estimate of drug-likeness (QED) is 0.803. The first-order chi connectivity index (χ1) is 7.78. The van der Waals surface area contributed by atoms with Gasteiger partial charge in [0.15, 0.2) is 0 Å². The molecule has 2 aromatic heterocycles. The molecule has 0 atom stereocenters. The molecule has 0 radical (unpaired) electrons. The zero-order valence-electron chi connectivity index (χ0n) is 8.71. The minimum Gasteiger partial charge on any atom is -0.467 e. The number of hydrogen-bond acceptors (Lipinski definition) is 6. The third kappa shape index (κ3) is 2.35. The Bertz CT molecular complexity index is 474. The summed E-state index contributed by atoms with van der Waals surface area (Å²) in [6, 6.07) is 5.51. The highest BCUT2D eigenvalue weighted by atomic mass is 16.5. The minimum absolute atomic E-state index is 0.233. The Morgan fingerprint density at radius 3 is 2.69 bits per heavy atom. The molecule has 3 N–H and O–H groups in total. The Morgan fingerprint density at radius 1 is 1.25 bits per heavy atom. The predicted molar refractivity (Wildman–Crippen MR) is 60.5 cm³/mol. The van der Waals surface area contributed by atoms with Crippen LogP contribution in [0.2, 0.25) is 0 Å². The normalized spacial score (nSPS) is 9.81. The van der Waals surface area contributed by atoms with E-state index in [1.54, 1.807) is 18.5 Å². The standard InChI is InChI=1S/C10H11N5O/c1-16-10-14-8(11)6-9(15-10)13-7-2-4-12-5-3-7/h2-6H,1H3,(H3,11,12,13,14,15). The third-order valence-corrected chi connectivity index (χ3v) is 1.86. The Labute approximate surface area is 92.5 Å². The van der Waals surface area contributed by atoms with E-state index >= 15 is 0 Å². The summed E-state index contributed by atoms with van der Waals surface area (Å²) in [4.78, 5) is 11.9. The molecular formula is C10H11N5O. The SMILES string of the molecule is COc1nc(N)cc(Nc2ccncc2)n1. The molecule has 0 aliphatic heterocycles. The van der Waals surface area contributed by atoms with Gasteiger partial charge >= 0.3 is 6.01 Å². The molecule has 0 fully saturated rings. The Morgan fingerprint density at radius 2 is 2.00 bits per heavy atom. The van der Waals surface area contributed by atoms with Crippen molar-refractivity contribution >= 4 is 17.3 Å². The van der Waals surface area contributed by atoms with Gasteiger partial charge in [-0.25, -0.2) is 0 Å². The summed E-state index contributed by atoms with van der Waals surface area (Å²) in [5, 5.41) is 3.07. The molecule has 6 nitrogen and oxygen atoms in total. The van der Waals surface area contributed by atoms with E-state index in [-0.39, 0.29) is 6.01 Å². The van der Waals surface area contributed by atoms with Crippen LogP contribution in [0.3, 0.4) is 0 Å². The smallest absolute Gasteiger partial charge is 0.320 e. The van der Waals surface area contributed by atoms with Gasteiger partial charge in [0.25, 0.3) is 0 Å². The van der Waals surface area contributed by atoms with E-state index in [4.69, 9.17) is 10.5 Å². The molecule has 6 heteroatoms. The maximum absolute atomic E-state index is 5.61. The van der Waals surface area contributed by atoms with Crippen LogP contribution in [0, 0.1) is 0 Å². The van der Waals surface area contributed by atoms with Crippen molar-refractivity contribution in [3.8, 4) is 6.01 Å². The lowest BCUT2D eigenvalue weighted by atomic mass is 10.4. The van der Waals surface area contributed by atoms with Crippen LogP contribution in [-0.2, 0) is 0 Å². The maximum atomic E-state index is 5.61. The monoisotopic (exact) mass is 217 g/mol. The molecule has 2 aromatic rings. The lowest BCUT2D eigenvalue weighted by Crippen LogP contribution is -2.01. The van der Waals surface area contributed by atoms with Crippen molar-refractivity contribution in [3.05, 3.63) is 30.6 Å². The maximum Gasteiger partial charge on any atom is 0.320 e. The number of hydrogen-bond donors (Lipinski definition) is 2. The zero-order valence-corrected chi connectivity index (χ0v) is 8.71. The average Bonchev–Trinajstić information content (AvgIpc) is 2.29. The second kappa shape index (κ2) is 4.43. The van der Waals surface area contributed by atoms with Crippen LogP contribution in [0.1, 0.15) is 0 Å². The number of methoxy groups -OCH3 is 1. The van der Waals surface area contributed by atoms with Crippen molar-refractivity contribution in [1.82, 2.24) is 15.0 Å². The number of aromatic nitrogens is 3. The van der Waals surface area contributed by atoms with Gasteiger partial charge in [0.2, 0.25) is 0 Å². The number of nitrogens with one attached hydrogen (secondary N) is 1. The van der Waals surface area contributed by atoms with Crippen molar-refractivity contribution in [2.24, 2.45) is 0 Å². The molecule has 16 heavy (non-hydrogen) atoms. The number of anilines is 3. The van der Waals surface area contributed by atoms with E-state index in [1.807, 2.05) is 12.1 Å². The average molecular weight is 217 g/mol. The van der Waals surface area contributed by atoms with Crippen molar-refractivity contribution in [1.29, 1.82) is 0 Å². The highest BCUT2D eigenvalue weighted by molar-refractivity contribution is 5.58. The predicted octanol–water partition coefficient (Wildman–Crippen LogP) is 1.21. The number of nitrogen functional groups attached to an aromatic ring is 1. The third-order valence-electron chi connectivity index (χ3n) is 1.86. The Hall–Kier alpha value is -2.37. The second-order valence-electron chi connectivity index (χ2n) is 3.03. The first-order valence-corrected chi connectivity index (χ1v) is 4.63. The van der Waals surface area contributed by atoms with Gasteiger partial charge in [-0.05, 0) is 12.1 Å². The summed E-state index contributed by atoms with van der Waals surface area (Å²) >= 11 is 0. The fourth-order valence-corrected chi connectivity index (χ4v) is 1.18. The van der Waals surface area contributed by atoms with Gasteiger partial charge in [-0.2, -0.15) is 9.97 Å². The largest absolute Gasteiger partial charge is 0.467 e. The van der Waals surface area contributed by atoms with E-state index in [1.165, 1.54) is 7.11 Å². The molecule has 2 rings (SSSR count). The molecular weight excluding hydrogens is 206 g/mol. The van der Waals surface area contributed by atoms with Gasteiger partial charge < -0.3 is 15.8 Å². The van der Waals surface area contributed by atoms with Crippen LogP contribution in [-0.4, -0.2) is 22.1 Å². The molecule has 0 saturated carbocycles. The number of nitrogens with two attached hydrogens (primary N) is 1. The highest BCUT2D eigenvalue weighted by Gasteiger charge is 2.02. The molecule has 0 saturated heterocycles. The van der Waals surface area contributed by atoms with Gasteiger partial charge in [-0.1, -0.05) is 0 Å². The van der Waals surface area contributed by atoms with Crippen molar-refractivity contribution in [2.75, 3.05) is 18.2 Å². The van der Waals surface area contributed by atoms with Crippen LogP contribution in [0.5, 0.6) is 6.01 Å². The first kappa shape index (κ1) is 10.2.